The molecular weight excluding hydrogens is 402 g/mol. The lowest BCUT2D eigenvalue weighted by molar-refractivity contribution is 0.520. The van der Waals surface area contributed by atoms with Gasteiger partial charge in [-0.2, -0.15) is 0 Å². The number of rotatable bonds is 2. The van der Waals surface area contributed by atoms with Gasteiger partial charge in [-0.25, -0.2) is 4.98 Å². The molecule has 0 aliphatic heterocycles. The molecule has 1 heterocycles. The largest absolute Gasteiger partial charge is 0.342 e. The Balaban J connectivity index is 1.50. The molecule has 3 radical (unpaired) electrons. The van der Waals surface area contributed by atoms with Crippen molar-refractivity contribution in [3.8, 4) is 22.4 Å². The van der Waals surface area contributed by atoms with E-state index in [9.17, 15) is 0 Å². The van der Waals surface area contributed by atoms with Crippen molar-refractivity contribution in [2.24, 2.45) is 5.73 Å². The minimum Gasteiger partial charge on any atom is -0.342 e. The number of nitrogens with one attached hydrogen (secondary N) is 1. The van der Waals surface area contributed by atoms with Gasteiger partial charge in [-0.05, 0) is 65.3 Å². The van der Waals surface area contributed by atoms with E-state index >= 15 is 0 Å². The standard InChI is InChI=1S/C21H19BrN3Si/c22-15-4-6-17-14(10-15)9-13-8-12(3-5-16(13)17)18-11-24-20(25-18)21(26)7-1-2-19(21)23/h3-6,8,10-11,19H,1-2,7,9,23H2,(H,24,25). The lowest BCUT2D eigenvalue weighted by Crippen LogP contribution is -2.42. The molecule has 1 saturated carbocycles. The highest BCUT2D eigenvalue weighted by Gasteiger charge is 2.40. The fraction of sp³-hybridized carbons (Fsp3) is 0.286. The van der Waals surface area contributed by atoms with Crippen LogP contribution in [0.2, 0.25) is 0 Å². The molecule has 2 aliphatic rings. The summed E-state index contributed by atoms with van der Waals surface area (Å²) in [4.78, 5) is 8.17. The molecule has 3 aromatic rings. The molecule has 5 rings (SSSR count). The van der Waals surface area contributed by atoms with E-state index in [0.29, 0.717) is 0 Å². The summed E-state index contributed by atoms with van der Waals surface area (Å²) >= 11 is 3.58. The molecule has 2 aliphatic carbocycles. The van der Waals surface area contributed by atoms with Gasteiger partial charge in [0.15, 0.2) is 0 Å². The summed E-state index contributed by atoms with van der Waals surface area (Å²) in [5, 5.41) is -0.225. The van der Waals surface area contributed by atoms with Crippen LogP contribution in [-0.2, 0) is 11.5 Å². The summed E-state index contributed by atoms with van der Waals surface area (Å²) in [5.41, 5.74) is 14.0. The van der Waals surface area contributed by atoms with Gasteiger partial charge in [-0.1, -0.05) is 40.5 Å². The predicted octanol–water partition coefficient (Wildman–Crippen LogP) is 4.29. The zero-order valence-electron chi connectivity index (χ0n) is 14.3. The van der Waals surface area contributed by atoms with Crippen molar-refractivity contribution >= 4 is 26.2 Å². The lowest BCUT2D eigenvalue weighted by Gasteiger charge is -2.26. The lowest BCUT2D eigenvalue weighted by atomic mass is 10.0. The van der Waals surface area contributed by atoms with Crippen molar-refractivity contribution in [2.75, 3.05) is 0 Å². The maximum atomic E-state index is 6.32. The Morgan fingerprint density at radius 3 is 2.69 bits per heavy atom. The Morgan fingerprint density at radius 2 is 1.92 bits per heavy atom. The average molecular weight is 421 g/mol. The first-order valence-electron chi connectivity index (χ1n) is 9.03. The van der Waals surface area contributed by atoms with Crippen LogP contribution < -0.4 is 5.73 Å². The van der Waals surface area contributed by atoms with Gasteiger partial charge in [-0.3, -0.25) is 0 Å². The second-order valence-corrected chi connectivity index (χ2v) is 9.27. The number of imidazole rings is 1. The van der Waals surface area contributed by atoms with Gasteiger partial charge < -0.3 is 10.7 Å². The number of nitrogens with zero attached hydrogens (tertiary/aromatic N) is 1. The number of aromatic amines is 1. The summed E-state index contributed by atoms with van der Waals surface area (Å²) in [6.07, 6.45) is 6.10. The van der Waals surface area contributed by atoms with Crippen molar-refractivity contribution in [1.82, 2.24) is 9.97 Å². The number of nitrogens with two attached hydrogens (primary N) is 1. The molecule has 3 N–H and O–H groups in total. The second kappa shape index (κ2) is 5.91. The molecule has 0 spiro atoms. The van der Waals surface area contributed by atoms with E-state index in [0.717, 1.165) is 41.7 Å². The van der Waals surface area contributed by atoms with Gasteiger partial charge in [0, 0.05) is 25.8 Å². The van der Waals surface area contributed by atoms with Crippen LogP contribution in [0.15, 0.2) is 47.1 Å². The SMILES string of the molecule is NC1CCCC1([Si])c1ncc(-c2ccc3c(c2)Cc2cc(Br)ccc2-3)[nH]1. The molecule has 0 bridgehead atoms. The molecule has 1 aromatic heterocycles. The van der Waals surface area contributed by atoms with Gasteiger partial charge in [0.25, 0.3) is 0 Å². The van der Waals surface area contributed by atoms with Crippen LogP contribution in [-0.4, -0.2) is 26.3 Å². The third-order valence-corrected chi connectivity index (χ3v) is 7.22. The van der Waals surface area contributed by atoms with Crippen molar-refractivity contribution in [3.63, 3.8) is 0 Å². The number of fused-ring (bicyclic) bond motifs is 3. The molecule has 5 heteroatoms. The minimum absolute atomic E-state index is 0.103. The number of aromatic nitrogens is 2. The Hall–Kier alpha value is -1.69. The molecule has 2 aromatic carbocycles. The highest BCUT2D eigenvalue weighted by molar-refractivity contribution is 9.10. The molecule has 26 heavy (non-hydrogen) atoms. The van der Waals surface area contributed by atoms with Gasteiger partial charge in [-0.15, -0.1) is 0 Å². The maximum absolute atomic E-state index is 6.32. The van der Waals surface area contributed by atoms with Crippen LogP contribution in [0.25, 0.3) is 22.4 Å². The summed E-state index contributed by atoms with van der Waals surface area (Å²) in [6.45, 7) is 0. The van der Waals surface area contributed by atoms with E-state index in [-0.39, 0.29) is 11.1 Å². The summed E-state index contributed by atoms with van der Waals surface area (Å²) in [7, 11) is 3.92. The van der Waals surface area contributed by atoms with Crippen LogP contribution in [0.1, 0.15) is 36.2 Å². The normalized spacial score (nSPS) is 23.9. The van der Waals surface area contributed by atoms with Crippen LogP contribution in [0.3, 0.4) is 0 Å². The third-order valence-electron chi connectivity index (χ3n) is 5.87. The molecular formula is C21H19BrN3Si. The van der Waals surface area contributed by atoms with E-state index in [4.69, 9.17) is 5.73 Å². The predicted molar refractivity (Wildman–Crippen MR) is 109 cm³/mol. The number of H-pyrrole nitrogens is 1. The number of halogens is 1. The zero-order valence-corrected chi connectivity index (χ0v) is 16.9. The van der Waals surface area contributed by atoms with Gasteiger partial charge >= 0.3 is 0 Å². The maximum Gasteiger partial charge on any atom is 0.110 e. The average Bonchev–Trinajstić information content (AvgIpc) is 3.32. The Kier molecular flexibility index (Phi) is 3.74. The first-order valence-corrected chi connectivity index (χ1v) is 10.3. The number of hydrogen-bond donors (Lipinski definition) is 2. The van der Waals surface area contributed by atoms with Crippen molar-refractivity contribution < 1.29 is 0 Å². The molecule has 2 unspecified atom stereocenters. The van der Waals surface area contributed by atoms with Gasteiger partial charge in [0.2, 0.25) is 0 Å². The smallest absolute Gasteiger partial charge is 0.110 e. The van der Waals surface area contributed by atoms with Crippen molar-refractivity contribution in [3.05, 3.63) is 64.0 Å². The number of hydrogen-bond acceptors (Lipinski definition) is 2. The van der Waals surface area contributed by atoms with Gasteiger partial charge in [0.05, 0.1) is 11.9 Å². The quantitative estimate of drug-likeness (QED) is 0.475. The molecule has 0 saturated heterocycles. The van der Waals surface area contributed by atoms with Gasteiger partial charge in [0.1, 0.15) is 5.82 Å². The molecule has 2 atom stereocenters. The fourth-order valence-electron chi connectivity index (χ4n) is 4.37. The van der Waals surface area contributed by atoms with Crippen molar-refractivity contribution in [2.45, 2.75) is 36.8 Å². The van der Waals surface area contributed by atoms with E-state index in [1.54, 1.807) is 0 Å². The second-order valence-electron chi connectivity index (χ2n) is 7.47. The summed E-state index contributed by atoms with van der Waals surface area (Å²) < 4.78 is 1.14. The summed E-state index contributed by atoms with van der Waals surface area (Å²) in [6, 6.07) is 13.3. The fourth-order valence-corrected chi connectivity index (χ4v) is 5.22. The molecule has 1 fully saturated rings. The third kappa shape index (κ3) is 2.45. The van der Waals surface area contributed by atoms with Crippen LogP contribution in [0.5, 0.6) is 0 Å². The molecule has 3 nitrogen and oxygen atoms in total. The number of benzene rings is 2. The van der Waals surface area contributed by atoms with Crippen LogP contribution >= 0.6 is 15.9 Å². The summed E-state index contributed by atoms with van der Waals surface area (Å²) in [5.74, 6) is 0.946. The Labute approximate surface area is 165 Å². The monoisotopic (exact) mass is 420 g/mol. The van der Waals surface area contributed by atoms with E-state index < -0.39 is 0 Å². The first kappa shape index (κ1) is 16.5. The minimum atomic E-state index is -0.225. The molecule has 129 valence electrons. The van der Waals surface area contributed by atoms with Crippen molar-refractivity contribution in [1.29, 1.82) is 0 Å². The highest BCUT2D eigenvalue weighted by atomic mass is 79.9. The van der Waals surface area contributed by atoms with E-state index in [2.05, 4.69) is 72.5 Å². The topological polar surface area (TPSA) is 54.7 Å². The van der Waals surface area contributed by atoms with Crippen LogP contribution in [0.4, 0.5) is 0 Å². The Bertz CT molecular complexity index is 1010. The zero-order chi connectivity index (χ0) is 17.9. The van der Waals surface area contributed by atoms with E-state index in [1.807, 2.05) is 6.20 Å². The van der Waals surface area contributed by atoms with E-state index in [1.165, 1.54) is 27.8 Å². The molecule has 0 amide bonds. The Morgan fingerprint density at radius 1 is 1.15 bits per heavy atom. The van der Waals surface area contributed by atoms with Crippen LogP contribution in [0, 0.1) is 0 Å². The first-order chi connectivity index (χ1) is 12.5. The highest BCUT2D eigenvalue weighted by Crippen LogP contribution is 2.40.